The summed E-state index contributed by atoms with van der Waals surface area (Å²) in [6, 6.07) is 9.10. The highest BCUT2D eigenvalue weighted by Crippen LogP contribution is 2.32. The minimum absolute atomic E-state index is 0.172. The molecule has 0 aromatic heterocycles. The third-order valence-electron chi connectivity index (χ3n) is 3.53. The lowest BCUT2D eigenvalue weighted by Crippen LogP contribution is -2.53. The zero-order valence-electron chi connectivity index (χ0n) is 10.5. The van der Waals surface area contributed by atoms with Gasteiger partial charge < -0.3 is 10.6 Å². The Labute approximate surface area is 98.4 Å². The predicted octanol–water partition coefficient (Wildman–Crippen LogP) is 2.70. The number of piperidine rings is 1. The molecule has 0 bridgehead atoms. The Bertz CT molecular complexity index is 371. The van der Waals surface area contributed by atoms with Gasteiger partial charge in [-0.2, -0.15) is 0 Å². The fraction of sp³-hybridized carbons (Fsp3) is 0.571. The summed E-state index contributed by atoms with van der Waals surface area (Å²) in [6.07, 6.45) is 2.16. The van der Waals surface area contributed by atoms with Gasteiger partial charge in [-0.25, -0.2) is 0 Å². The number of nitrogens with two attached hydrogens (primary N) is 1. The molecule has 0 radical (unpaired) electrons. The highest BCUT2D eigenvalue weighted by Gasteiger charge is 2.33. The number of rotatable bonds is 1. The van der Waals surface area contributed by atoms with Crippen LogP contribution in [-0.2, 0) is 0 Å². The van der Waals surface area contributed by atoms with Crippen molar-refractivity contribution in [2.24, 2.45) is 5.73 Å². The van der Waals surface area contributed by atoms with Crippen LogP contribution >= 0.6 is 0 Å². The van der Waals surface area contributed by atoms with E-state index in [-0.39, 0.29) is 5.54 Å². The average Bonchev–Trinajstić information content (AvgIpc) is 2.15. The van der Waals surface area contributed by atoms with Crippen molar-refractivity contribution in [2.75, 3.05) is 11.4 Å². The molecule has 2 heteroatoms. The van der Waals surface area contributed by atoms with E-state index in [1.54, 1.807) is 0 Å². The van der Waals surface area contributed by atoms with Crippen LogP contribution in [0.2, 0.25) is 0 Å². The molecule has 1 heterocycles. The first kappa shape index (κ1) is 11.5. The summed E-state index contributed by atoms with van der Waals surface area (Å²) in [5.41, 5.74) is 8.88. The largest absolute Gasteiger partial charge is 0.366 e. The van der Waals surface area contributed by atoms with Crippen LogP contribution in [-0.4, -0.2) is 18.1 Å². The van der Waals surface area contributed by atoms with Crippen molar-refractivity contribution in [3.8, 4) is 0 Å². The normalized spacial score (nSPS) is 24.5. The molecule has 1 unspecified atom stereocenters. The number of hydrogen-bond donors (Lipinski definition) is 1. The van der Waals surface area contributed by atoms with Crippen molar-refractivity contribution >= 4 is 5.69 Å². The van der Waals surface area contributed by atoms with Gasteiger partial charge in [0.05, 0.1) is 0 Å². The number of benzene rings is 1. The van der Waals surface area contributed by atoms with E-state index in [2.05, 4.69) is 49.9 Å². The molecule has 0 spiro atoms. The first-order chi connectivity index (χ1) is 7.49. The smallest absolute Gasteiger partial charge is 0.0373 e. The highest BCUT2D eigenvalue weighted by molar-refractivity contribution is 5.51. The first-order valence-corrected chi connectivity index (χ1v) is 6.09. The van der Waals surface area contributed by atoms with E-state index in [4.69, 9.17) is 5.73 Å². The van der Waals surface area contributed by atoms with Crippen LogP contribution in [0.1, 0.15) is 32.3 Å². The molecule has 2 N–H and O–H groups in total. The van der Waals surface area contributed by atoms with E-state index < -0.39 is 0 Å². The van der Waals surface area contributed by atoms with Gasteiger partial charge in [-0.15, -0.1) is 0 Å². The van der Waals surface area contributed by atoms with Gasteiger partial charge >= 0.3 is 0 Å². The van der Waals surface area contributed by atoms with Crippen molar-refractivity contribution in [1.29, 1.82) is 0 Å². The molecule has 0 aliphatic carbocycles. The SMILES string of the molecule is Cc1cccc(N2CCC(N)CC2(C)C)c1. The molecule has 88 valence electrons. The molecule has 1 aromatic carbocycles. The van der Waals surface area contributed by atoms with Gasteiger partial charge in [0.2, 0.25) is 0 Å². The molecule has 2 rings (SSSR count). The second kappa shape index (κ2) is 4.10. The molecule has 1 aliphatic rings. The summed E-state index contributed by atoms with van der Waals surface area (Å²) in [4.78, 5) is 2.49. The van der Waals surface area contributed by atoms with Gasteiger partial charge in [0.25, 0.3) is 0 Å². The van der Waals surface area contributed by atoms with E-state index in [0.717, 1.165) is 19.4 Å². The second-order valence-corrected chi connectivity index (χ2v) is 5.56. The predicted molar refractivity (Wildman–Crippen MR) is 69.8 cm³/mol. The van der Waals surface area contributed by atoms with Gasteiger partial charge in [0.1, 0.15) is 0 Å². The zero-order valence-corrected chi connectivity index (χ0v) is 10.5. The van der Waals surface area contributed by atoms with E-state index in [9.17, 15) is 0 Å². The van der Waals surface area contributed by atoms with Crippen LogP contribution < -0.4 is 10.6 Å². The van der Waals surface area contributed by atoms with Gasteiger partial charge in [-0.3, -0.25) is 0 Å². The topological polar surface area (TPSA) is 29.3 Å². The van der Waals surface area contributed by atoms with Crippen LogP contribution in [0.15, 0.2) is 24.3 Å². The Morgan fingerprint density at radius 3 is 2.75 bits per heavy atom. The third kappa shape index (κ3) is 2.22. The van der Waals surface area contributed by atoms with Crippen molar-refractivity contribution in [1.82, 2.24) is 0 Å². The van der Waals surface area contributed by atoms with Gasteiger partial charge in [-0.05, 0) is 51.3 Å². The fourth-order valence-corrected chi connectivity index (χ4v) is 2.73. The molecule has 1 atom stereocenters. The molecule has 1 saturated heterocycles. The van der Waals surface area contributed by atoms with Crippen LogP contribution in [0.5, 0.6) is 0 Å². The quantitative estimate of drug-likeness (QED) is 0.785. The fourth-order valence-electron chi connectivity index (χ4n) is 2.73. The lowest BCUT2D eigenvalue weighted by atomic mass is 9.87. The Morgan fingerprint density at radius 1 is 1.38 bits per heavy atom. The highest BCUT2D eigenvalue weighted by atomic mass is 15.2. The van der Waals surface area contributed by atoms with Crippen LogP contribution in [0.25, 0.3) is 0 Å². The van der Waals surface area contributed by atoms with E-state index in [1.165, 1.54) is 11.3 Å². The molecule has 0 saturated carbocycles. The second-order valence-electron chi connectivity index (χ2n) is 5.56. The van der Waals surface area contributed by atoms with Crippen molar-refractivity contribution in [3.05, 3.63) is 29.8 Å². The molecule has 2 nitrogen and oxygen atoms in total. The molecule has 1 fully saturated rings. The van der Waals surface area contributed by atoms with Crippen molar-refractivity contribution in [3.63, 3.8) is 0 Å². The summed E-state index contributed by atoms with van der Waals surface area (Å²) in [5.74, 6) is 0. The van der Waals surface area contributed by atoms with Gasteiger partial charge in [-0.1, -0.05) is 12.1 Å². The van der Waals surface area contributed by atoms with Gasteiger partial charge in [0.15, 0.2) is 0 Å². The lowest BCUT2D eigenvalue weighted by molar-refractivity contribution is 0.327. The summed E-state index contributed by atoms with van der Waals surface area (Å²) >= 11 is 0. The summed E-state index contributed by atoms with van der Waals surface area (Å²) in [6.45, 7) is 7.78. The Kier molecular flexibility index (Phi) is 2.94. The maximum atomic E-state index is 6.05. The maximum absolute atomic E-state index is 6.05. The first-order valence-electron chi connectivity index (χ1n) is 6.09. The average molecular weight is 218 g/mol. The van der Waals surface area contributed by atoms with Crippen LogP contribution in [0, 0.1) is 6.92 Å². The van der Waals surface area contributed by atoms with Crippen molar-refractivity contribution in [2.45, 2.75) is 45.2 Å². The molecule has 0 amide bonds. The van der Waals surface area contributed by atoms with E-state index in [1.807, 2.05) is 0 Å². The number of hydrogen-bond acceptors (Lipinski definition) is 2. The number of nitrogens with zero attached hydrogens (tertiary/aromatic N) is 1. The Balaban J connectivity index is 2.27. The number of aryl methyl sites for hydroxylation is 1. The number of anilines is 1. The van der Waals surface area contributed by atoms with Crippen molar-refractivity contribution < 1.29 is 0 Å². The molecular formula is C14H22N2. The van der Waals surface area contributed by atoms with Crippen LogP contribution in [0.4, 0.5) is 5.69 Å². The standard InChI is InChI=1S/C14H22N2/c1-11-5-4-6-13(9-11)16-8-7-12(15)10-14(16,2)3/h4-6,9,12H,7-8,10,15H2,1-3H3. The summed E-state index contributed by atoms with van der Waals surface area (Å²) in [7, 11) is 0. The molecular weight excluding hydrogens is 196 g/mol. The van der Waals surface area contributed by atoms with Gasteiger partial charge in [0, 0.05) is 23.8 Å². The molecule has 1 aliphatic heterocycles. The monoisotopic (exact) mass is 218 g/mol. The third-order valence-corrected chi connectivity index (χ3v) is 3.53. The zero-order chi connectivity index (χ0) is 11.8. The minimum atomic E-state index is 0.172. The lowest BCUT2D eigenvalue weighted by Gasteiger charge is -2.46. The Hall–Kier alpha value is -1.02. The Morgan fingerprint density at radius 2 is 2.12 bits per heavy atom. The molecule has 1 aromatic rings. The summed E-state index contributed by atoms with van der Waals surface area (Å²) in [5, 5.41) is 0. The van der Waals surface area contributed by atoms with E-state index in [0.29, 0.717) is 6.04 Å². The summed E-state index contributed by atoms with van der Waals surface area (Å²) < 4.78 is 0. The van der Waals surface area contributed by atoms with E-state index >= 15 is 0 Å². The maximum Gasteiger partial charge on any atom is 0.0373 e. The molecule has 16 heavy (non-hydrogen) atoms. The minimum Gasteiger partial charge on any atom is -0.366 e. The van der Waals surface area contributed by atoms with Crippen LogP contribution in [0.3, 0.4) is 0 Å².